The molecule has 4 nitrogen and oxygen atoms in total. The predicted octanol–water partition coefficient (Wildman–Crippen LogP) is 1.89. The number of carboxylic acid groups (broad SMARTS) is 1. The minimum atomic E-state index is -0.779. The first kappa shape index (κ1) is 13.0. The molecular weight excluding hydrogens is 206 g/mol. The van der Waals surface area contributed by atoms with Gasteiger partial charge in [0.2, 0.25) is 5.91 Å². The highest BCUT2D eigenvalue weighted by atomic mass is 16.4. The lowest BCUT2D eigenvalue weighted by Gasteiger charge is -2.24. The van der Waals surface area contributed by atoms with Crippen molar-refractivity contribution in [2.75, 3.05) is 13.1 Å². The SMILES string of the molecule is CCCC(CN1CCCCCC1=O)C(=O)O. The summed E-state index contributed by atoms with van der Waals surface area (Å²) in [7, 11) is 0. The number of aliphatic carboxylic acids is 1. The lowest BCUT2D eigenvalue weighted by Crippen LogP contribution is -2.37. The van der Waals surface area contributed by atoms with Crippen LogP contribution in [0.4, 0.5) is 0 Å². The molecule has 1 saturated heterocycles. The third-order valence-corrected chi connectivity index (χ3v) is 3.10. The average molecular weight is 227 g/mol. The van der Waals surface area contributed by atoms with Crippen molar-refractivity contribution < 1.29 is 14.7 Å². The fraction of sp³-hybridized carbons (Fsp3) is 0.833. The summed E-state index contributed by atoms with van der Waals surface area (Å²) in [4.78, 5) is 24.5. The van der Waals surface area contributed by atoms with E-state index in [0.717, 1.165) is 32.2 Å². The molecule has 92 valence electrons. The molecule has 1 unspecified atom stereocenters. The highest BCUT2D eigenvalue weighted by Crippen LogP contribution is 2.15. The van der Waals surface area contributed by atoms with Crippen LogP contribution >= 0.6 is 0 Å². The predicted molar refractivity (Wildman–Crippen MR) is 61.1 cm³/mol. The van der Waals surface area contributed by atoms with Gasteiger partial charge in [-0.05, 0) is 19.3 Å². The summed E-state index contributed by atoms with van der Waals surface area (Å²) < 4.78 is 0. The van der Waals surface area contributed by atoms with E-state index in [2.05, 4.69) is 0 Å². The Bertz CT molecular complexity index is 253. The zero-order valence-electron chi connectivity index (χ0n) is 9.95. The molecule has 1 atom stereocenters. The molecule has 0 aromatic rings. The Balaban J connectivity index is 2.54. The van der Waals surface area contributed by atoms with E-state index >= 15 is 0 Å². The lowest BCUT2D eigenvalue weighted by molar-refractivity contribution is -0.144. The second-order valence-corrected chi connectivity index (χ2v) is 4.47. The van der Waals surface area contributed by atoms with E-state index < -0.39 is 11.9 Å². The number of rotatable bonds is 5. The van der Waals surface area contributed by atoms with Gasteiger partial charge >= 0.3 is 5.97 Å². The topological polar surface area (TPSA) is 57.6 Å². The second-order valence-electron chi connectivity index (χ2n) is 4.47. The maximum Gasteiger partial charge on any atom is 0.308 e. The van der Waals surface area contributed by atoms with Gasteiger partial charge in [0.1, 0.15) is 0 Å². The summed E-state index contributed by atoms with van der Waals surface area (Å²) in [5.74, 6) is -1.05. The summed E-state index contributed by atoms with van der Waals surface area (Å²) in [5, 5.41) is 9.05. The quantitative estimate of drug-likeness (QED) is 0.780. The van der Waals surface area contributed by atoms with E-state index in [0.29, 0.717) is 19.4 Å². The monoisotopic (exact) mass is 227 g/mol. The summed E-state index contributed by atoms with van der Waals surface area (Å²) in [6.45, 7) is 3.09. The van der Waals surface area contributed by atoms with Gasteiger partial charge in [0.25, 0.3) is 0 Å². The first-order chi connectivity index (χ1) is 7.65. The third kappa shape index (κ3) is 3.83. The van der Waals surface area contributed by atoms with Crippen LogP contribution in [0.25, 0.3) is 0 Å². The molecule has 0 aromatic heterocycles. The fourth-order valence-electron chi connectivity index (χ4n) is 2.14. The summed E-state index contributed by atoms with van der Waals surface area (Å²) in [6, 6.07) is 0. The first-order valence-corrected chi connectivity index (χ1v) is 6.15. The van der Waals surface area contributed by atoms with Crippen LogP contribution in [0.15, 0.2) is 0 Å². The van der Waals surface area contributed by atoms with Crippen LogP contribution < -0.4 is 0 Å². The number of nitrogens with zero attached hydrogens (tertiary/aromatic N) is 1. The maximum absolute atomic E-state index is 11.7. The van der Waals surface area contributed by atoms with Crippen molar-refractivity contribution in [2.45, 2.75) is 45.4 Å². The van der Waals surface area contributed by atoms with Crippen LogP contribution in [-0.2, 0) is 9.59 Å². The van der Waals surface area contributed by atoms with Crippen LogP contribution in [0, 0.1) is 5.92 Å². The normalized spacial score (nSPS) is 19.3. The molecule has 16 heavy (non-hydrogen) atoms. The minimum Gasteiger partial charge on any atom is -0.481 e. The minimum absolute atomic E-state index is 0.125. The summed E-state index contributed by atoms with van der Waals surface area (Å²) in [6.07, 6.45) is 5.11. The fourth-order valence-corrected chi connectivity index (χ4v) is 2.14. The van der Waals surface area contributed by atoms with Crippen molar-refractivity contribution in [1.29, 1.82) is 0 Å². The van der Waals surface area contributed by atoms with Gasteiger partial charge in [-0.3, -0.25) is 9.59 Å². The van der Waals surface area contributed by atoms with Crippen LogP contribution in [-0.4, -0.2) is 35.0 Å². The standard InChI is InChI=1S/C12H21NO3/c1-2-6-10(12(15)16)9-13-8-5-3-4-7-11(13)14/h10H,2-9H2,1H3,(H,15,16). The molecule has 1 rings (SSSR count). The number of hydrogen-bond donors (Lipinski definition) is 1. The van der Waals surface area contributed by atoms with Crippen molar-refractivity contribution >= 4 is 11.9 Å². The molecule has 1 aliphatic heterocycles. The molecule has 1 fully saturated rings. The number of carbonyl (C=O) groups is 2. The number of carboxylic acids is 1. The van der Waals surface area contributed by atoms with Crippen molar-refractivity contribution in [2.24, 2.45) is 5.92 Å². The van der Waals surface area contributed by atoms with Crippen molar-refractivity contribution in [3.63, 3.8) is 0 Å². The number of hydrogen-bond acceptors (Lipinski definition) is 2. The Kier molecular flexibility index (Phi) is 5.29. The van der Waals surface area contributed by atoms with Gasteiger partial charge in [-0.1, -0.05) is 19.8 Å². The average Bonchev–Trinajstić information content (AvgIpc) is 2.43. The smallest absolute Gasteiger partial charge is 0.308 e. The largest absolute Gasteiger partial charge is 0.481 e. The van der Waals surface area contributed by atoms with Crippen molar-refractivity contribution in [1.82, 2.24) is 4.90 Å². The van der Waals surface area contributed by atoms with Crippen LogP contribution in [0.5, 0.6) is 0 Å². The van der Waals surface area contributed by atoms with Crippen molar-refractivity contribution in [3.05, 3.63) is 0 Å². The molecule has 0 radical (unpaired) electrons. The zero-order chi connectivity index (χ0) is 12.0. The highest BCUT2D eigenvalue weighted by molar-refractivity contribution is 5.77. The molecule has 1 N–H and O–H groups in total. The van der Waals surface area contributed by atoms with E-state index in [-0.39, 0.29) is 5.91 Å². The van der Waals surface area contributed by atoms with Gasteiger partial charge in [0.05, 0.1) is 5.92 Å². The Morgan fingerprint density at radius 3 is 2.81 bits per heavy atom. The first-order valence-electron chi connectivity index (χ1n) is 6.15. The molecule has 4 heteroatoms. The van der Waals surface area contributed by atoms with Gasteiger partial charge in [-0.25, -0.2) is 0 Å². The Hall–Kier alpha value is -1.06. The molecule has 0 spiro atoms. The molecule has 1 heterocycles. The molecule has 0 aromatic carbocycles. The van der Waals surface area contributed by atoms with Crippen LogP contribution in [0.1, 0.15) is 45.4 Å². The molecule has 1 aliphatic rings. The third-order valence-electron chi connectivity index (χ3n) is 3.10. The highest BCUT2D eigenvalue weighted by Gasteiger charge is 2.24. The van der Waals surface area contributed by atoms with Gasteiger partial charge < -0.3 is 10.0 Å². The second kappa shape index (κ2) is 6.51. The van der Waals surface area contributed by atoms with Gasteiger partial charge in [-0.2, -0.15) is 0 Å². The van der Waals surface area contributed by atoms with E-state index in [1.807, 2.05) is 6.92 Å². The lowest BCUT2D eigenvalue weighted by atomic mass is 10.0. The Morgan fingerprint density at radius 1 is 1.44 bits per heavy atom. The molecule has 0 aliphatic carbocycles. The molecule has 0 bridgehead atoms. The van der Waals surface area contributed by atoms with Crippen LogP contribution in [0.2, 0.25) is 0 Å². The molecule has 1 amide bonds. The van der Waals surface area contributed by atoms with E-state index in [1.165, 1.54) is 0 Å². The maximum atomic E-state index is 11.7. The summed E-state index contributed by atoms with van der Waals surface area (Å²) in [5.41, 5.74) is 0. The van der Waals surface area contributed by atoms with E-state index in [1.54, 1.807) is 4.90 Å². The number of likely N-dealkylation sites (tertiary alicyclic amines) is 1. The van der Waals surface area contributed by atoms with Gasteiger partial charge in [-0.15, -0.1) is 0 Å². The Labute approximate surface area is 96.6 Å². The van der Waals surface area contributed by atoms with Crippen LogP contribution in [0.3, 0.4) is 0 Å². The molecule has 0 saturated carbocycles. The van der Waals surface area contributed by atoms with E-state index in [9.17, 15) is 9.59 Å². The number of amides is 1. The zero-order valence-corrected chi connectivity index (χ0v) is 9.95. The van der Waals surface area contributed by atoms with Gasteiger partial charge in [0.15, 0.2) is 0 Å². The number of carbonyl (C=O) groups excluding carboxylic acids is 1. The Morgan fingerprint density at radius 2 is 2.19 bits per heavy atom. The molecular formula is C12H21NO3. The van der Waals surface area contributed by atoms with E-state index in [4.69, 9.17) is 5.11 Å². The summed E-state index contributed by atoms with van der Waals surface area (Å²) >= 11 is 0. The van der Waals surface area contributed by atoms with Crippen molar-refractivity contribution in [3.8, 4) is 0 Å². The van der Waals surface area contributed by atoms with Gasteiger partial charge in [0, 0.05) is 19.5 Å².